The summed E-state index contributed by atoms with van der Waals surface area (Å²) in [5.74, 6) is -1.72. The van der Waals surface area contributed by atoms with Crippen molar-refractivity contribution >= 4 is 11.7 Å². The molecule has 0 amide bonds. The highest BCUT2D eigenvalue weighted by Crippen LogP contribution is 2.29. The zero-order valence-corrected chi connectivity index (χ0v) is 12.1. The van der Waals surface area contributed by atoms with Crippen LogP contribution in [0.2, 0.25) is 0 Å². The maximum absolute atomic E-state index is 13.1. The van der Waals surface area contributed by atoms with E-state index in [0.29, 0.717) is 11.3 Å². The molecule has 0 aliphatic carbocycles. The zero-order chi connectivity index (χ0) is 17.3. The summed E-state index contributed by atoms with van der Waals surface area (Å²) in [6.07, 6.45) is 0. The van der Waals surface area contributed by atoms with Crippen LogP contribution in [0.25, 0.3) is 16.9 Å². The number of carboxylic acid groups (broad SMARTS) is 1. The van der Waals surface area contributed by atoms with Gasteiger partial charge in [-0.25, -0.2) is 13.9 Å². The van der Waals surface area contributed by atoms with Gasteiger partial charge in [0, 0.05) is 11.6 Å². The van der Waals surface area contributed by atoms with Gasteiger partial charge in [-0.3, -0.25) is 10.1 Å². The molecular formula is C16H10FN3O4. The first-order valence-electron chi connectivity index (χ1n) is 6.80. The average Bonchev–Trinajstić information content (AvgIpc) is 3.01. The van der Waals surface area contributed by atoms with Crippen LogP contribution in [0.3, 0.4) is 0 Å². The van der Waals surface area contributed by atoms with E-state index in [0.717, 1.165) is 0 Å². The Labute approximate surface area is 134 Å². The van der Waals surface area contributed by atoms with Gasteiger partial charge in [-0.05, 0) is 36.4 Å². The van der Waals surface area contributed by atoms with Crippen LogP contribution in [0.4, 0.5) is 10.1 Å². The van der Waals surface area contributed by atoms with Crippen LogP contribution >= 0.6 is 0 Å². The summed E-state index contributed by atoms with van der Waals surface area (Å²) in [6.45, 7) is 0. The number of nitro benzene ring substituents is 1. The van der Waals surface area contributed by atoms with Crippen LogP contribution in [0.15, 0.2) is 54.6 Å². The fourth-order valence-corrected chi connectivity index (χ4v) is 2.29. The van der Waals surface area contributed by atoms with E-state index < -0.39 is 16.7 Å². The Morgan fingerprint density at radius 1 is 1.17 bits per heavy atom. The normalized spacial score (nSPS) is 10.5. The number of benzene rings is 2. The Morgan fingerprint density at radius 2 is 1.83 bits per heavy atom. The summed E-state index contributed by atoms with van der Waals surface area (Å²) in [4.78, 5) is 21.9. The summed E-state index contributed by atoms with van der Waals surface area (Å²) >= 11 is 0. The number of para-hydroxylation sites is 2. The number of aromatic nitrogens is 2. The lowest BCUT2D eigenvalue weighted by atomic mass is 10.1. The monoisotopic (exact) mass is 327 g/mol. The number of aromatic carboxylic acids is 1. The van der Waals surface area contributed by atoms with Gasteiger partial charge >= 0.3 is 5.97 Å². The molecule has 0 saturated heterocycles. The van der Waals surface area contributed by atoms with Gasteiger partial charge in [-0.15, -0.1) is 0 Å². The van der Waals surface area contributed by atoms with E-state index in [1.54, 1.807) is 6.07 Å². The van der Waals surface area contributed by atoms with E-state index in [9.17, 15) is 19.3 Å². The highest BCUT2D eigenvalue weighted by Gasteiger charge is 2.21. The molecule has 1 heterocycles. The van der Waals surface area contributed by atoms with E-state index in [-0.39, 0.29) is 17.1 Å². The summed E-state index contributed by atoms with van der Waals surface area (Å²) in [5, 5.41) is 24.3. The highest BCUT2D eigenvalue weighted by molar-refractivity contribution is 5.87. The largest absolute Gasteiger partial charge is 0.476 e. The van der Waals surface area contributed by atoms with Crippen molar-refractivity contribution in [1.29, 1.82) is 0 Å². The fraction of sp³-hybridized carbons (Fsp3) is 0. The Morgan fingerprint density at radius 3 is 2.46 bits per heavy atom. The molecule has 0 saturated carbocycles. The van der Waals surface area contributed by atoms with E-state index in [1.165, 1.54) is 53.2 Å². The molecule has 0 bridgehead atoms. The molecule has 0 radical (unpaired) electrons. The second-order valence-corrected chi connectivity index (χ2v) is 4.88. The Kier molecular flexibility index (Phi) is 3.78. The van der Waals surface area contributed by atoms with Crippen molar-refractivity contribution in [2.45, 2.75) is 0 Å². The van der Waals surface area contributed by atoms with Crippen LogP contribution in [0.5, 0.6) is 0 Å². The van der Waals surface area contributed by atoms with Crippen molar-refractivity contribution in [2.24, 2.45) is 0 Å². The van der Waals surface area contributed by atoms with Crippen LogP contribution in [-0.4, -0.2) is 25.8 Å². The molecular weight excluding hydrogens is 317 g/mol. The van der Waals surface area contributed by atoms with Gasteiger partial charge in [-0.1, -0.05) is 12.1 Å². The number of carboxylic acids is 1. The van der Waals surface area contributed by atoms with Gasteiger partial charge in [0.15, 0.2) is 5.69 Å². The minimum Gasteiger partial charge on any atom is -0.476 e. The van der Waals surface area contributed by atoms with Crippen LogP contribution in [0, 0.1) is 15.9 Å². The Bertz CT molecular complexity index is 935. The third kappa shape index (κ3) is 2.72. The standard InChI is InChI=1S/C16H10FN3O4/c17-11-7-5-10(6-8-11)15-9-12(16(21)22)18-19(15)13-3-1-2-4-14(13)20(23)24/h1-9H,(H,21,22). The second kappa shape index (κ2) is 5.92. The molecule has 2 aromatic carbocycles. The topological polar surface area (TPSA) is 98.3 Å². The maximum atomic E-state index is 13.1. The molecule has 0 spiro atoms. The first-order chi connectivity index (χ1) is 11.5. The lowest BCUT2D eigenvalue weighted by Crippen LogP contribution is -2.05. The molecule has 3 aromatic rings. The number of carbonyl (C=O) groups is 1. The average molecular weight is 327 g/mol. The molecule has 0 aliphatic heterocycles. The van der Waals surface area contributed by atoms with Crippen molar-refractivity contribution in [1.82, 2.24) is 9.78 Å². The van der Waals surface area contributed by atoms with Crippen LogP contribution in [-0.2, 0) is 0 Å². The molecule has 8 heteroatoms. The minimum absolute atomic E-state index is 0.120. The predicted molar refractivity (Wildman–Crippen MR) is 82.6 cm³/mol. The summed E-state index contributed by atoms with van der Waals surface area (Å²) < 4.78 is 14.3. The zero-order valence-electron chi connectivity index (χ0n) is 12.1. The smallest absolute Gasteiger partial charge is 0.356 e. The Balaban J connectivity index is 2.26. The summed E-state index contributed by atoms with van der Waals surface area (Å²) in [7, 11) is 0. The summed E-state index contributed by atoms with van der Waals surface area (Å²) in [5.41, 5.74) is 0.416. The fourth-order valence-electron chi connectivity index (χ4n) is 2.29. The van der Waals surface area contributed by atoms with Crippen molar-refractivity contribution in [3.05, 3.63) is 76.2 Å². The molecule has 0 atom stereocenters. The number of hydrogen-bond donors (Lipinski definition) is 1. The lowest BCUT2D eigenvalue weighted by molar-refractivity contribution is -0.384. The molecule has 7 nitrogen and oxygen atoms in total. The number of rotatable bonds is 4. The maximum Gasteiger partial charge on any atom is 0.356 e. The predicted octanol–water partition coefficient (Wildman–Crippen LogP) is 3.28. The van der Waals surface area contributed by atoms with Crippen molar-refractivity contribution in [2.75, 3.05) is 0 Å². The number of nitrogens with zero attached hydrogens (tertiary/aromatic N) is 3. The third-order valence-corrected chi connectivity index (χ3v) is 3.38. The molecule has 3 rings (SSSR count). The quantitative estimate of drug-likeness (QED) is 0.585. The van der Waals surface area contributed by atoms with Gasteiger partial charge in [0.05, 0.1) is 10.6 Å². The molecule has 120 valence electrons. The summed E-state index contributed by atoms with van der Waals surface area (Å²) in [6, 6.07) is 12.5. The van der Waals surface area contributed by atoms with E-state index in [1.807, 2.05) is 0 Å². The molecule has 0 fully saturated rings. The minimum atomic E-state index is -1.27. The third-order valence-electron chi connectivity index (χ3n) is 3.38. The van der Waals surface area contributed by atoms with E-state index >= 15 is 0 Å². The van der Waals surface area contributed by atoms with E-state index in [4.69, 9.17) is 5.11 Å². The molecule has 1 aromatic heterocycles. The Hall–Kier alpha value is -3.55. The SMILES string of the molecule is O=C(O)c1cc(-c2ccc(F)cc2)n(-c2ccccc2[N+](=O)[O-])n1. The van der Waals surface area contributed by atoms with Crippen LogP contribution < -0.4 is 0 Å². The van der Waals surface area contributed by atoms with Crippen molar-refractivity contribution < 1.29 is 19.2 Å². The molecule has 24 heavy (non-hydrogen) atoms. The van der Waals surface area contributed by atoms with Gasteiger partial charge in [-0.2, -0.15) is 5.10 Å². The first kappa shape index (κ1) is 15.3. The van der Waals surface area contributed by atoms with Crippen molar-refractivity contribution in [3.8, 4) is 16.9 Å². The van der Waals surface area contributed by atoms with E-state index in [2.05, 4.69) is 5.10 Å². The molecule has 0 aliphatic rings. The van der Waals surface area contributed by atoms with Gasteiger partial charge in [0.1, 0.15) is 11.5 Å². The highest BCUT2D eigenvalue weighted by atomic mass is 19.1. The number of hydrogen-bond acceptors (Lipinski definition) is 4. The van der Waals surface area contributed by atoms with Gasteiger partial charge in [0.2, 0.25) is 0 Å². The van der Waals surface area contributed by atoms with Gasteiger partial charge in [0.25, 0.3) is 5.69 Å². The lowest BCUT2D eigenvalue weighted by Gasteiger charge is -2.08. The molecule has 1 N–H and O–H groups in total. The second-order valence-electron chi connectivity index (χ2n) is 4.88. The van der Waals surface area contributed by atoms with Crippen molar-refractivity contribution in [3.63, 3.8) is 0 Å². The first-order valence-corrected chi connectivity index (χ1v) is 6.80. The van der Waals surface area contributed by atoms with Gasteiger partial charge < -0.3 is 5.11 Å². The molecule has 0 unspecified atom stereocenters. The van der Waals surface area contributed by atoms with Crippen LogP contribution in [0.1, 0.15) is 10.5 Å². The number of nitro groups is 1. The number of halogens is 1.